The SMILES string of the molecule is C=C1CC[C@H](CCCCC(C)CCCC)[C@H]1C[C@H]1OC1CCC(O)(O)C(=O)O. The summed E-state index contributed by atoms with van der Waals surface area (Å²) in [6.07, 6.45) is 12.7. The minimum atomic E-state index is -2.65. The van der Waals surface area contributed by atoms with Crippen LogP contribution in [0.4, 0.5) is 0 Å². The average Bonchev–Trinajstić information content (AvgIpc) is 3.31. The van der Waals surface area contributed by atoms with Crippen LogP contribution in [0.3, 0.4) is 0 Å². The van der Waals surface area contributed by atoms with Crippen LogP contribution in [0, 0.1) is 17.8 Å². The molecule has 0 bridgehead atoms. The van der Waals surface area contributed by atoms with E-state index in [0.29, 0.717) is 18.3 Å². The largest absolute Gasteiger partial charge is 0.477 e. The summed E-state index contributed by atoms with van der Waals surface area (Å²) in [6, 6.07) is 0. The quantitative estimate of drug-likeness (QED) is 0.172. The van der Waals surface area contributed by atoms with Crippen LogP contribution in [-0.2, 0) is 9.53 Å². The highest BCUT2D eigenvalue weighted by Crippen LogP contribution is 2.45. The van der Waals surface area contributed by atoms with E-state index in [1.165, 1.54) is 56.9 Å². The van der Waals surface area contributed by atoms with Gasteiger partial charge in [0, 0.05) is 6.42 Å². The van der Waals surface area contributed by atoms with Crippen molar-refractivity contribution in [3.63, 3.8) is 0 Å². The molecule has 1 aliphatic heterocycles. The predicted molar refractivity (Wildman–Crippen MR) is 110 cm³/mol. The first-order valence-corrected chi connectivity index (χ1v) is 11.3. The molecule has 3 N–H and O–H groups in total. The van der Waals surface area contributed by atoms with Crippen LogP contribution < -0.4 is 0 Å². The van der Waals surface area contributed by atoms with E-state index in [-0.39, 0.29) is 18.6 Å². The Labute approximate surface area is 170 Å². The highest BCUT2D eigenvalue weighted by molar-refractivity contribution is 5.74. The lowest BCUT2D eigenvalue weighted by molar-refractivity contribution is -0.205. The van der Waals surface area contributed by atoms with Crippen molar-refractivity contribution in [2.75, 3.05) is 0 Å². The maximum absolute atomic E-state index is 10.8. The fraction of sp³-hybridized carbons (Fsp3) is 0.870. The number of aliphatic carboxylic acids is 1. The second-order valence-electron chi connectivity index (χ2n) is 9.20. The van der Waals surface area contributed by atoms with Gasteiger partial charge >= 0.3 is 5.97 Å². The normalized spacial score (nSPS) is 28.5. The zero-order valence-corrected chi connectivity index (χ0v) is 17.7. The molecule has 1 saturated heterocycles. The van der Waals surface area contributed by atoms with Gasteiger partial charge in [0.15, 0.2) is 0 Å². The van der Waals surface area contributed by atoms with Crippen molar-refractivity contribution in [3.8, 4) is 0 Å². The number of carboxylic acid groups (broad SMARTS) is 1. The summed E-state index contributed by atoms with van der Waals surface area (Å²) in [4.78, 5) is 10.8. The molecule has 1 saturated carbocycles. The minimum Gasteiger partial charge on any atom is -0.477 e. The van der Waals surface area contributed by atoms with Crippen molar-refractivity contribution >= 4 is 5.97 Å². The van der Waals surface area contributed by atoms with Crippen LogP contribution >= 0.6 is 0 Å². The van der Waals surface area contributed by atoms with Gasteiger partial charge in [-0.2, -0.15) is 0 Å². The second kappa shape index (κ2) is 10.7. The number of unbranched alkanes of at least 4 members (excludes halogenated alkanes) is 2. The van der Waals surface area contributed by atoms with E-state index >= 15 is 0 Å². The average molecular weight is 397 g/mol. The molecule has 1 aliphatic carbocycles. The van der Waals surface area contributed by atoms with Crippen LogP contribution in [0.25, 0.3) is 0 Å². The number of ether oxygens (including phenoxy) is 1. The molecule has 5 heteroatoms. The summed E-state index contributed by atoms with van der Waals surface area (Å²) in [5, 5.41) is 27.6. The molecule has 162 valence electrons. The Balaban J connectivity index is 1.67. The zero-order chi connectivity index (χ0) is 20.7. The number of allylic oxidation sites excluding steroid dienone is 1. The molecule has 2 rings (SSSR count). The molecule has 0 radical (unpaired) electrons. The van der Waals surface area contributed by atoms with Crippen molar-refractivity contribution in [2.24, 2.45) is 17.8 Å². The molecule has 0 aromatic rings. The molecule has 1 heterocycles. The van der Waals surface area contributed by atoms with Gasteiger partial charge in [-0.3, -0.25) is 0 Å². The Bertz CT molecular complexity index is 515. The molecule has 0 spiro atoms. The summed E-state index contributed by atoms with van der Waals surface area (Å²) in [5.41, 5.74) is 1.33. The lowest BCUT2D eigenvalue weighted by Crippen LogP contribution is -2.38. The maximum Gasteiger partial charge on any atom is 0.364 e. The Morgan fingerprint density at radius 3 is 2.61 bits per heavy atom. The minimum absolute atomic E-state index is 0.0495. The smallest absolute Gasteiger partial charge is 0.364 e. The summed E-state index contributed by atoms with van der Waals surface area (Å²) < 4.78 is 5.69. The van der Waals surface area contributed by atoms with Gasteiger partial charge < -0.3 is 20.1 Å². The van der Waals surface area contributed by atoms with Gasteiger partial charge in [0.25, 0.3) is 5.79 Å². The Morgan fingerprint density at radius 2 is 1.93 bits per heavy atom. The predicted octanol–water partition coefficient (Wildman–Crippen LogP) is 4.66. The molecule has 5 nitrogen and oxygen atoms in total. The van der Waals surface area contributed by atoms with Gasteiger partial charge in [0.05, 0.1) is 12.2 Å². The van der Waals surface area contributed by atoms with E-state index in [1.54, 1.807) is 0 Å². The topological polar surface area (TPSA) is 90.3 Å². The Morgan fingerprint density at radius 1 is 1.21 bits per heavy atom. The van der Waals surface area contributed by atoms with Crippen LogP contribution in [0.1, 0.15) is 90.9 Å². The van der Waals surface area contributed by atoms with E-state index < -0.39 is 11.8 Å². The molecule has 28 heavy (non-hydrogen) atoms. The maximum atomic E-state index is 10.8. The number of hydrogen-bond donors (Lipinski definition) is 3. The van der Waals surface area contributed by atoms with Crippen LogP contribution in [0.15, 0.2) is 12.2 Å². The van der Waals surface area contributed by atoms with Gasteiger partial charge in [0.1, 0.15) is 0 Å². The molecule has 0 amide bonds. The molecular weight excluding hydrogens is 356 g/mol. The molecule has 0 aromatic heterocycles. The molecular formula is C23H40O5. The van der Waals surface area contributed by atoms with Crippen molar-refractivity contribution < 1.29 is 24.9 Å². The van der Waals surface area contributed by atoms with Crippen LogP contribution in [0.5, 0.6) is 0 Å². The van der Waals surface area contributed by atoms with Crippen molar-refractivity contribution in [1.29, 1.82) is 0 Å². The number of carboxylic acids is 1. The fourth-order valence-electron chi connectivity index (χ4n) is 4.73. The lowest BCUT2D eigenvalue weighted by atomic mass is 9.84. The van der Waals surface area contributed by atoms with Gasteiger partial charge in [-0.25, -0.2) is 4.79 Å². The summed E-state index contributed by atoms with van der Waals surface area (Å²) in [6.45, 7) is 8.90. The number of carbonyl (C=O) groups is 1. The molecule has 5 atom stereocenters. The van der Waals surface area contributed by atoms with Gasteiger partial charge in [-0.05, 0) is 49.9 Å². The number of epoxide rings is 1. The van der Waals surface area contributed by atoms with E-state index in [4.69, 9.17) is 9.84 Å². The first-order chi connectivity index (χ1) is 13.2. The van der Waals surface area contributed by atoms with Crippen LogP contribution in [-0.4, -0.2) is 39.3 Å². The monoisotopic (exact) mass is 396 g/mol. The van der Waals surface area contributed by atoms with E-state index in [9.17, 15) is 15.0 Å². The second-order valence-corrected chi connectivity index (χ2v) is 9.20. The van der Waals surface area contributed by atoms with Crippen LogP contribution in [0.2, 0.25) is 0 Å². The van der Waals surface area contributed by atoms with Crippen molar-refractivity contribution in [3.05, 3.63) is 12.2 Å². The number of hydrogen-bond acceptors (Lipinski definition) is 4. The van der Waals surface area contributed by atoms with Gasteiger partial charge in [-0.1, -0.05) is 64.5 Å². The first-order valence-electron chi connectivity index (χ1n) is 11.3. The van der Waals surface area contributed by atoms with E-state index in [1.807, 2.05) is 0 Å². The number of rotatable bonds is 14. The van der Waals surface area contributed by atoms with Crippen molar-refractivity contribution in [1.82, 2.24) is 0 Å². The number of aliphatic hydroxyl groups is 2. The van der Waals surface area contributed by atoms with Gasteiger partial charge in [0.2, 0.25) is 0 Å². The molecule has 2 unspecified atom stereocenters. The standard InChI is InChI=1S/C23H40O5/c1-4-5-8-16(2)9-6-7-10-18-12-11-17(3)19(18)15-21-20(28-21)13-14-23(26,27)22(24)25/h16,18-21,26-27H,3-15H2,1-2H3,(H,24,25)/t16?,18-,19-,20?,21+/m0/s1. The Kier molecular flexibility index (Phi) is 8.97. The zero-order valence-electron chi connectivity index (χ0n) is 17.7. The summed E-state index contributed by atoms with van der Waals surface area (Å²) in [5.74, 6) is -2.22. The third kappa shape index (κ3) is 7.16. The molecule has 2 fully saturated rings. The summed E-state index contributed by atoms with van der Waals surface area (Å²) in [7, 11) is 0. The van der Waals surface area contributed by atoms with Crippen molar-refractivity contribution in [2.45, 2.75) is 109 Å². The highest BCUT2D eigenvalue weighted by atomic mass is 16.6. The molecule has 2 aliphatic rings. The third-order valence-electron chi connectivity index (χ3n) is 6.80. The first kappa shape index (κ1) is 23.4. The molecule has 0 aromatic carbocycles. The summed E-state index contributed by atoms with van der Waals surface area (Å²) >= 11 is 0. The third-order valence-corrected chi connectivity index (χ3v) is 6.80. The Hall–Kier alpha value is -0.910. The fourth-order valence-corrected chi connectivity index (χ4v) is 4.73. The van der Waals surface area contributed by atoms with Gasteiger partial charge in [-0.15, -0.1) is 0 Å². The highest BCUT2D eigenvalue weighted by Gasteiger charge is 2.45. The van der Waals surface area contributed by atoms with E-state index in [2.05, 4.69) is 20.4 Å². The van der Waals surface area contributed by atoms with E-state index in [0.717, 1.165) is 18.8 Å². The lowest BCUT2D eigenvalue weighted by Gasteiger charge is -2.20.